The van der Waals surface area contributed by atoms with Crippen LogP contribution < -0.4 is 16.4 Å². The highest BCUT2D eigenvalue weighted by atomic mass is 16.6. The van der Waals surface area contributed by atoms with E-state index in [1.165, 1.54) is 11.0 Å². The quantitative estimate of drug-likeness (QED) is 0.404. The van der Waals surface area contributed by atoms with Crippen LogP contribution in [0.1, 0.15) is 85.4 Å². The monoisotopic (exact) mass is 506 g/mol. The van der Waals surface area contributed by atoms with Crippen molar-refractivity contribution in [1.82, 2.24) is 15.5 Å². The van der Waals surface area contributed by atoms with Gasteiger partial charge in [-0.15, -0.1) is 0 Å². The number of phenolic OH excluding ortho intramolecular Hbond substituents is 1. The van der Waals surface area contributed by atoms with Crippen LogP contribution in [0.4, 0.5) is 4.79 Å². The molecule has 1 rings (SSSR count). The van der Waals surface area contributed by atoms with Crippen molar-refractivity contribution in [2.24, 2.45) is 5.73 Å². The van der Waals surface area contributed by atoms with Gasteiger partial charge in [0.15, 0.2) is 0 Å². The smallest absolute Gasteiger partial charge is 0.408 e. The molecule has 10 heteroatoms. The zero-order valence-corrected chi connectivity index (χ0v) is 22.9. The normalized spacial score (nSPS) is 13.5. The number of carbonyl (C=O) groups excluding carboxylic acids is 4. The first-order valence-electron chi connectivity index (χ1n) is 12.0. The van der Waals surface area contributed by atoms with Gasteiger partial charge in [-0.1, -0.05) is 6.07 Å². The summed E-state index contributed by atoms with van der Waals surface area (Å²) in [6.07, 6.45) is -1.06. The highest BCUT2D eigenvalue weighted by molar-refractivity contribution is 5.93. The van der Waals surface area contributed by atoms with E-state index in [4.69, 9.17) is 10.5 Å². The Kier molecular flexibility index (Phi) is 10.3. The van der Waals surface area contributed by atoms with Gasteiger partial charge in [-0.05, 0) is 92.0 Å². The second-order valence-corrected chi connectivity index (χ2v) is 11.2. The molecule has 1 aromatic carbocycles. The fourth-order valence-electron chi connectivity index (χ4n) is 3.58. The summed E-state index contributed by atoms with van der Waals surface area (Å²) in [5.41, 5.74) is 4.94. The van der Waals surface area contributed by atoms with E-state index in [-0.39, 0.29) is 18.6 Å². The van der Waals surface area contributed by atoms with Gasteiger partial charge < -0.3 is 31.1 Å². The molecule has 10 nitrogen and oxygen atoms in total. The molecule has 0 heterocycles. The first kappa shape index (κ1) is 30.7. The maximum Gasteiger partial charge on any atom is 0.408 e. The first-order valence-corrected chi connectivity index (χ1v) is 12.0. The van der Waals surface area contributed by atoms with E-state index in [0.717, 1.165) is 0 Å². The molecule has 0 aliphatic carbocycles. The number of phenols is 1. The number of nitrogens with two attached hydrogens (primary N) is 1. The van der Waals surface area contributed by atoms with E-state index in [1.807, 2.05) is 20.8 Å². The number of carbonyl (C=O) groups is 4. The molecule has 1 aromatic rings. The van der Waals surface area contributed by atoms with Gasteiger partial charge in [0.05, 0.1) is 0 Å². The van der Waals surface area contributed by atoms with Crippen molar-refractivity contribution in [3.63, 3.8) is 0 Å². The molecule has 2 unspecified atom stereocenters. The van der Waals surface area contributed by atoms with Crippen molar-refractivity contribution in [1.29, 1.82) is 0 Å². The standard InChI is InChI=1S/C26H42N4O6/c1-15(2)30(23(34)18(11-13-20(27)32)28-24(35)36-26(7,8)9)21(22(33)29-25(4,5)6)17-10-12-19(31)16(3)14-17/h10,12,14-15,18,21,31H,11,13H2,1-9H3,(H2,27,32)(H,28,35)(H,29,33). The highest BCUT2D eigenvalue weighted by Gasteiger charge is 2.38. The number of benzene rings is 1. The summed E-state index contributed by atoms with van der Waals surface area (Å²) in [7, 11) is 0. The lowest BCUT2D eigenvalue weighted by atomic mass is 9.97. The van der Waals surface area contributed by atoms with Crippen molar-refractivity contribution in [2.45, 2.75) is 104 Å². The number of ether oxygens (including phenoxy) is 1. The van der Waals surface area contributed by atoms with Crippen LogP contribution in [-0.4, -0.2) is 57.0 Å². The molecular formula is C26H42N4O6. The third kappa shape index (κ3) is 9.75. The zero-order chi connectivity index (χ0) is 28.0. The number of aromatic hydroxyl groups is 1. The fraction of sp³-hybridized carbons (Fsp3) is 0.615. The predicted octanol–water partition coefficient (Wildman–Crippen LogP) is 3.05. The number of nitrogens with zero attached hydrogens (tertiary/aromatic N) is 1. The Morgan fingerprint density at radius 3 is 2.11 bits per heavy atom. The van der Waals surface area contributed by atoms with Crippen molar-refractivity contribution in [3.8, 4) is 5.75 Å². The summed E-state index contributed by atoms with van der Waals surface area (Å²) in [4.78, 5) is 52.9. The van der Waals surface area contributed by atoms with E-state index in [0.29, 0.717) is 11.1 Å². The minimum Gasteiger partial charge on any atom is -0.508 e. The maximum absolute atomic E-state index is 13.9. The largest absolute Gasteiger partial charge is 0.508 e. The topological polar surface area (TPSA) is 151 Å². The van der Waals surface area contributed by atoms with Crippen molar-refractivity contribution >= 4 is 23.8 Å². The molecule has 5 N–H and O–H groups in total. The van der Waals surface area contributed by atoms with Gasteiger partial charge in [-0.3, -0.25) is 14.4 Å². The number of primary amides is 1. The molecule has 0 radical (unpaired) electrons. The summed E-state index contributed by atoms with van der Waals surface area (Å²) in [6.45, 7) is 15.7. The Balaban J connectivity index is 3.55. The number of rotatable bonds is 9. The van der Waals surface area contributed by atoms with Crippen LogP contribution in [0.25, 0.3) is 0 Å². The number of aryl methyl sites for hydroxylation is 1. The average Bonchev–Trinajstić information content (AvgIpc) is 2.67. The SMILES string of the molecule is Cc1cc(C(C(=O)NC(C)(C)C)N(C(=O)C(CCC(N)=O)NC(=O)OC(C)(C)C)C(C)C)ccc1O. The van der Waals surface area contributed by atoms with Gasteiger partial charge in [-0.2, -0.15) is 0 Å². The van der Waals surface area contributed by atoms with Crippen LogP contribution >= 0.6 is 0 Å². The van der Waals surface area contributed by atoms with Crippen molar-refractivity contribution in [2.75, 3.05) is 0 Å². The Labute approximate surface area is 213 Å². The van der Waals surface area contributed by atoms with Crippen LogP contribution in [0.3, 0.4) is 0 Å². The van der Waals surface area contributed by atoms with Gasteiger partial charge in [0.25, 0.3) is 0 Å². The van der Waals surface area contributed by atoms with Crippen molar-refractivity contribution < 1.29 is 29.0 Å². The molecule has 202 valence electrons. The van der Waals surface area contributed by atoms with Crippen LogP contribution in [0.2, 0.25) is 0 Å². The minimum atomic E-state index is -1.17. The lowest BCUT2D eigenvalue weighted by molar-refractivity contribution is -0.145. The van der Waals surface area contributed by atoms with Gasteiger partial charge >= 0.3 is 6.09 Å². The van der Waals surface area contributed by atoms with Gasteiger partial charge in [-0.25, -0.2) is 4.79 Å². The lowest BCUT2D eigenvalue weighted by Crippen LogP contribution is -2.56. The molecule has 0 saturated heterocycles. The third-order valence-electron chi connectivity index (χ3n) is 5.04. The molecule has 0 bridgehead atoms. The Bertz CT molecular complexity index is 962. The van der Waals surface area contributed by atoms with Crippen molar-refractivity contribution in [3.05, 3.63) is 29.3 Å². The molecule has 0 aliphatic rings. The predicted molar refractivity (Wildman–Crippen MR) is 137 cm³/mol. The fourth-order valence-corrected chi connectivity index (χ4v) is 3.58. The number of alkyl carbamates (subject to hydrolysis) is 1. The summed E-state index contributed by atoms with van der Waals surface area (Å²) in [5, 5.41) is 15.5. The summed E-state index contributed by atoms with van der Waals surface area (Å²) < 4.78 is 5.31. The maximum atomic E-state index is 13.9. The van der Waals surface area contributed by atoms with E-state index in [2.05, 4.69) is 10.6 Å². The van der Waals surface area contributed by atoms with Crippen LogP contribution in [0, 0.1) is 6.92 Å². The minimum absolute atomic E-state index is 0.0575. The molecule has 0 fully saturated rings. The summed E-state index contributed by atoms with van der Waals surface area (Å²) in [5.74, 6) is -1.58. The number of amides is 4. The molecular weight excluding hydrogens is 464 g/mol. The van der Waals surface area contributed by atoms with E-state index >= 15 is 0 Å². The molecule has 0 saturated carbocycles. The van der Waals surface area contributed by atoms with Crippen LogP contribution in [0.5, 0.6) is 5.75 Å². The molecule has 0 aromatic heterocycles. The molecule has 36 heavy (non-hydrogen) atoms. The summed E-state index contributed by atoms with van der Waals surface area (Å²) >= 11 is 0. The van der Waals surface area contributed by atoms with E-state index in [9.17, 15) is 24.3 Å². The average molecular weight is 507 g/mol. The molecule has 0 aliphatic heterocycles. The van der Waals surface area contributed by atoms with E-state index in [1.54, 1.807) is 53.7 Å². The lowest BCUT2D eigenvalue weighted by Gasteiger charge is -2.38. The van der Waals surface area contributed by atoms with Gasteiger partial charge in [0.2, 0.25) is 17.7 Å². The van der Waals surface area contributed by atoms with Crippen LogP contribution in [-0.2, 0) is 19.1 Å². The Hall–Kier alpha value is -3.30. The first-order chi connectivity index (χ1) is 16.3. The summed E-state index contributed by atoms with van der Waals surface area (Å²) in [6, 6.07) is 1.97. The molecule has 2 atom stereocenters. The van der Waals surface area contributed by atoms with Crippen LogP contribution in [0.15, 0.2) is 18.2 Å². The molecule has 0 spiro atoms. The number of hydrogen-bond acceptors (Lipinski definition) is 6. The highest BCUT2D eigenvalue weighted by Crippen LogP contribution is 2.29. The number of nitrogens with one attached hydrogen (secondary N) is 2. The Morgan fingerprint density at radius 2 is 1.67 bits per heavy atom. The zero-order valence-electron chi connectivity index (χ0n) is 22.9. The number of hydrogen-bond donors (Lipinski definition) is 4. The van der Waals surface area contributed by atoms with Gasteiger partial charge in [0.1, 0.15) is 23.4 Å². The Morgan fingerprint density at radius 1 is 1.08 bits per heavy atom. The third-order valence-corrected chi connectivity index (χ3v) is 5.04. The second-order valence-electron chi connectivity index (χ2n) is 11.2. The van der Waals surface area contributed by atoms with E-state index < -0.39 is 53.1 Å². The van der Waals surface area contributed by atoms with Gasteiger partial charge in [0, 0.05) is 18.0 Å². The molecule has 4 amide bonds. The second kappa shape index (κ2) is 12.1.